The number of benzene rings is 1. The summed E-state index contributed by atoms with van der Waals surface area (Å²) in [5.41, 5.74) is 7.10. The van der Waals surface area contributed by atoms with Crippen molar-refractivity contribution >= 4 is 33.4 Å². The summed E-state index contributed by atoms with van der Waals surface area (Å²) in [7, 11) is 0. The van der Waals surface area contributed by atoms with Gasteiger partial charge in [0.05, 0.1) is 0 Å². The fourth-order valence-corrected chi connectivity index (χ4v) is 2.79. The van der Waals surface area contributed by atoms with Crippen LogP contribution in [0.1, 0.15) is 11.4 Å². The summed E-state index contributed by atoms with van der Waals surface area (Å²) >= 11 is 4.44. The number of halogens is 4. The first-order valence-corrected chi connectivity index (χ1v) is 6.80. The molecular formula is C10H8BrF3N4S. The Morgan fingerprint density at radius 2 is 2.11 bits per heavy atom. The lowest BCUT2D eigenvalue weighted by molar-refractivity contribution is -0.144. The van der Waals surface area contributed by atoms with Crippen molar-refractivity contribution in [2.75, 3.05) is 5.73 Å². The van der Waals surface area contributed by atoms with E-state index in [0.29, 0.717) is 11.4 Å². The predicted octanol–water partition coefficient (Wildman–Crippen LogP) is 3.46. The average molecular weight is 353 g/mol. The second kappa shape index (κ2) is 5.41. The van der Waals surface area contributed by atoms with Crippen LogP contribution in [-0.2, 0) is 11.9 Å². The van der Waals surface area contributed by atoms with Crippen LogP contribution in [0.4, 0.5) is 18.9 Å². The molecule has 4 nitrogen and oxygen atoms in total. The molecule has 1 heterocycles. The maximum absolute atomic E-state index is 12.3. The van der Waals surface area contributed by atoms with Gasteiger partial charge >= 0.3 is 6.18 Å². The lowest BCUT2D eigenvalue weighted by Gasteiger charge is -2.03. The zero-order chi connectivity index (χ0) is 14.0. The molecule has 102 valence electrons. The zero-order valence-corrected chi connectivity index (χ0v) is 11.7. The maximum Gasteiger partial charge on any atom is 0.451 e. The molecule has 0 radical (unpaired) electrons. The molecule has 0 aliphatic rings. The quantitative estimate of drug-likeness (QED) is 0.655. The molecule has 2 rings (SSSR count). The van der Waals surface area contributed by atoms with E-state index in [9.17, 15) is 13.2 Å². The lowest BCUT2D eigenvalue weighted by Crippen LogP contribution is -2.07. The van der Waals surface area contributed by atoms with Crippen molar-refractivity contribution in [2.24, 2.45) is 0 Å². The number of aromatic nitrogens is 3. The molecule has 3 N–H and O–H groups in total. The lowest BCUT2D eigenvalue weighted by atomic mass is 10.2. The highest BCUT2D eigenvalue weighted by Gasteiger charge is 2.35. The van der Waals surface area contributed by atoms with E-state index >= 15 is 0 Å². The molecule has 0 aliphatic carbocycles. The van der Waals surface area contributed by atoms with E-state index in [1.165, 1.54) is 0 Å². The third-order valence-electron chi connectivity index (χ3n) is 2.17. The van der Waals surface area contributed by atoms with Crippen molar-refractivity contribution in [1.29, 1.82) is 0 Å². The molecule has 0 saturated heterocycles. The smallest absolute Gasteiger partial charge is 0.399 e. The van der Waals surface area contributed by atoms with Crippen LogP contribution in [0.25, 0.3) is 0 Å². The number of aromatic amines is 1. The minimum Gasteiger partial charge on any atom is -0.399 e. The highest BCUT2D eigenvalue weighted by molar-refractivity contribution is 9.10. The Bertz CT molecular complexity index is 584. The van der Waals surface area contributed by atoms with Crippen LogP contribution >= 0.6 is 27.7 Å². The number of nitrogens with two attached hydrogens (primary N) is 1. The zero-order valence-electron chi connectivity index (χ0n) is 9.33. The Hall–Kier alpha value is -1.22. The fourth-order valence-electron chi connectivity index (χ4n) is 1.26. The van der Waals surface area contributed by atoms with Crippen LogP contribution in [0.3, 0.4) is 0 Å². The number of nitrogens with one attached hydrogen (secondary N) is 1. The summed E-state index contributed by atoms with van der Waals surface area (Å²) in [6.45, 7) is 0. The molecule has 0 aliphatic heterocycles. The molecule has 0 saturated carbocycles. The Morgan fingerprint density at radius 1 is 1.37 bits per heavy atom. The van der Waals surface area contributed by atoms with E-state index in [2.05, 4.69) is 26.0 Å². The molecule has 1 aromatic carbocycles. The second-order valence-corrected chi connectivity index (χ2v) is 5.40. The van der Waals surface area contributed by atoms with E-state index in [1.807, 2.05) is 5.10 Å². The van der Waals surface area contributed by atoms with Gasteiger partial charge in [0.1, 0.15) is 0 Å². The summed E-state index contributed by atoms with van der Waals surface area (Å²) in [6.07, 6.45) is -4.51. The normalized spacial score (nSPS) is 11.8. The first-order chi connectivity index (χ1) is 8.86. The summed E-state index contributed by atoms with van der Waals surface area (Å²) in [5.74, 6) is -0.651. The molecule has 1 aromatic heterocycles. The second-order valence-electron chi connectivity index (χ2n) is 3.60. The summed E-state index contributed by atoms with van der Waals surface area (Å²) in [6, 6.07) is 5.25. The predicted molar refractivity (Wildman–Crippen MR) is 69.5 cm³/mol. The van der Waals surface area contributed by atoms with Gasteiger partial charge in [0.25, 0.3) is 0 Å². The topological polar surface area (TPSA) is 67.6 Å². The first kappa shape index (κ1) is 14.2. The van der Waals surface area contributed by atoms with Crippen LogP contribution in [-0.4, -0.2) is 15.2 Å². The minimum atomic E-state index is -4.51. The van der Waals surface area contributed by atoms with Gasteiger partial charge in [-0.15, -0.1) is 5.10 Å². The van der Waals surface area contributed by atoms with Gasteiger partial charge < -0.3 is 5.73 Å². The van der Waals surface area contributed by atoms with Gasteiger partial charge in [0, 0.05) is 15.9 Å². The Balaban J connectivity index is 2.04. The summed E-state index contributed by atoms with van der Waals surface area (Å²) < 4.78 is 37.7. The van der Waals surface area contributed by atoms with E-state index < -0.39 is 12.0 Å². The van der Waals surface area contributed by atoms with Crippen molar-refractivity contribution in [2.45, 2.75) is 17.1 Å². The van der Waals surface area contributed by atoms with Crippen molar-refractivity contribution in [3.63, 3.8) is 0 Å². The number of thioether (sulfide) groups is 1. The monoisotopic (exact) mass is 352 g/mol. The number of alkyl halides is 3. The van der Waals surface area contributed by atoms with Gasteiger partial charge in [-0.3, -0.25) is 5.10 Å². The first-order valence-electron chi connectivity index (χ1n) is 5.02. The molecule has 0 fully saturated rings. The fraction of sp³-hybridized carbons (Fsp3) is 0.200. The van der Waals surface area contributed by atoms with Crippen LogP contribution in [0.15, 0.2) is 27.8 Å². The standard InChI is InChI=1S/C10H8BrF3N4S/c11-7-3-6(15)2-1-5(7)4-19-9-16-8(17-18-9)10(12,13)14/h1-3H,4,15H2,(H,16,17,18). The number of rotatable bonds is 3. The van der Waals surface area contributed by atoms with Gasteiger partial charge in [-0.1, -0.05) is 33.8 Å². The van der Waals surface area contributed by atoms with Crippen LogP contribution in [0.5, 0.6) is 0 Å². The number of anilines is 1. The molecule has 0 amide bonds. The number of hydrogen-bond acceptors (Lipinski definition) is 4. The van der Waals surface area contributed by atoms with Gasteiger partial charge in [-0.05, 0) is 17.7 Å². The molecule has 0 atom stereocenters. The molecule has 2 aromatic rings. The number of nitrogens with zero attached hydrogens (tertiary/aromatic N) is 2. The van der Waals surface area contributed by atoms with Gasteiger partial charge in [0.2, 0.25) is 11.0 Å². The Kier molecular flexibility index (Phi) is 4.04. The third kappa shape index (κ3) is 3.63. The van der Waals surface area contributed by atoms with E-state index in [-0.39, 0.29) is 5.16 Å². The van der Waals surface area contributed by atoms with Crippen LogP contribution < -0.4 is 5.73 Å². The Labute approximate surface area is 119 Å². The molecule has 0 spiro atoms. The third-order valence-corrected chi connectivity index (χ3v) is 3.80. The van der Waals surface area contributed by atoms with Crippen molar-refractivity contribution in [3.05, 3.63) is 34.1 Å². The van der Waals surface area contributed by atoms with E-state index in [0.717, 1.165) is 21.8 Å². The van der Waals surface area contributed by atoms with Crippen LogP contribution in [0.2, 0.25) is 0 Å². The van der Waals surface area contributed by atoms with Crippen LogP contribution in [0, 0.1) is 0 Å². The molecule has 19 heavy (non-hydrogen) atoms. The van der Waals surface area contributed by atoms with E-state index in [4.69, 9.17) is 5.73 Å². The van der Waals surface area contributed by atoms with Crippen molar-refractivity contribution in [3.8, 4) is 0 Å². The number of H-pyrrole nitrogens is 1. The van der Waals surface area contributed by atoms with Gasteiger partial charge in [-0.2, -0.15) is 18.2 Å². The summed E-state index contributed by atoms with van der Waals surface area (Å²) in [5, 5.41) is 5.43. The number of nitrogen functional groups attached to an aromatic ring is 1. The van der Waals surface area contributed by atoms with Crippen molar-refractivity contribution < 1.29 is 13.2 Å². The van der Waals surface area contributed by atoms with Gasteiger partial charge in [0.15, 0.2) is 0 Å². The maximum atomic E-state index is 12.3. The Morgan fingerprint density at radius 3 is 2.68 bits per heavy atom. The molecular weight excluding hydrogens is 345 g/mol. The number of hydrogen-bond donors (Lipinski definition) is 2. The van der Waals surface area contributed by atoms with Gasteiger partial charge in [-0.25, -0.2) is 0 Å². The summed E-state index contributed by atoms with van der Waals surface area (Å²) in [4.78, 5) is 3.38. The minimum absolute atomic E-state index is 0.0519. The molecule has 9 heteroatoms. The largest absolute Gasteiger partial charge is 0.451 e. The highest BCUT2D eigenvalue weighted by Crippen LogP contribution is 2.29. The van der Waals surface area contributed by atoms with Crippen molar-refractivity contribution in [1.82, 2.24) is 15.2 Å². The average Bonchev–Trinajstić information content (AvgIpc) is 2.76. The van der Waals surface area contributed by atoms with E-state index in [1.54, 1.807) is 18.2 Å². The molecule has 0 unspecified atom stereocenters. The SMILES string of the molecule is Nc1ccc(CSc2n[nH]c(C(F)(F)F)n2)c(Br)c1. The molecule has 0 bridgehead atoms. The highest BCUT2D eigenvalue weighted by atomic mass is 79.9.